The quantitative estimate of drug-likeness (QED) is 0.169. The zero-order valence-electron chi connectivity index (χ0n) is 33.7. The van der Waals surface area contributed by atoms with E-state index in [0.29, 0.717) is 11.6 Å². The van der Waals surface area contributed by atoms with Gasteiger partial charge in [0.2, 0.25) is 0 Å². The molecule has 1 heterocycles. The van der Waals surface area contributed by atoms with Crippen LogP contribution in [0.1, 0.15) is 59.3 Å². The molecule has 0 atom stereocenters. The molecule has 1 aromatic heterocycles. The van der Waals surface area contributed by atoms with Crippen molar-refractivity contribution in [2.24, 2.45) is 0 Å². The van der Waals surface area contributed by atoms with Gasteiger partial charge in [0.05, 0.1) is 5.41 Å². The van der Waals surface area contributed by atoms with Gasteiger partial charge in [-0.3, -0.25) is 0 Å². The summed E-state index contributed by atoms with van der Waals surface area (Å²) in [5, 5.41) is 0. The summed E-state index contributed by atoms with van der Waals surface area (Å²) in [4.78, 5) is 15.1. The monoisotopic (exact) mass is 779 g/mol. The molecule has 7 aromatic carbocycles. The van der Waals surface area contributed by atoms with Crippen molar-refractivity contribution in [3.63, 3.8) is 0 Å². The van der Waals surface area contributed by atoms with Gasteiger partial charge in [-0.2, -0.15) is 0 Å². The highest BCUT2D eigenvalue weighted by atomic mass is 15.0. The molecule has 1 spiro atoms. The van der Waals surface area contributed by atoms with Gasteiger partial charge < -0.3 is 0 Å². The lowest BCUT2D eigenvalue weighted by atomic mass is 9.70. The molecule has 0 amide bonds. The largest absolute Gasteiger partial charge is 0.209 e. The summed E-state index contributed by atoms with van der Waals surface area (Å²) in [7, 11) is 0. The van der Waals surface area contributed by atoms with Gasteiger partial charge in [-0.05, 0) is 133 Å². The van der Waals surface area contributed by atoms with E-state index < -0.39 is 5.41 Å². The molecule has 8 aromatic rings. The molecule has 288 valence electrons. The minimum atomic E-state index is -0.424. The van der Waals surface area contributed by atoms with E-state index in [1.165, 1.54) is 66.8 Å². The van der Waals surface area contributed by atoms with Gasteiger partial charge in [-0.1, -0.05) is 176 Å². The SMILES string of the molecule is C1=CCCC(c2ccc3c(c2)C2(c4ccccc4-c4ccccc42)c2cc(-c4cccc(-c5cccc(-c6nc(C7=CC=CCC7)nc(-c7ccccc7)n6)c5)c4)ccc2-3)=C1. The van der Waals surface area contributed by atoms with Gasteiger partial charge in [-0.15, -0.1) is 0 Å². The number of fused-ring (bicyclic) bond motifs is 10. The summed E-state index contributed by atoms with van der Waals surface area (Å²) < 4.78 is 0. The molecule has 0 saturated carbocycles. The second-order valence-electron chi connectivity index (χ2n) is 16.5. The minimum absolute atomic E-state index is 0.424. The second kappa shape index (κ2) is 14.4. The summed E-state index contributed by atoms with van der Waals surface area (Å²) in [6.07, 6.45) is 17.2. The standard InChI is InChI=1S/C58H41N3/c1-4-16-38(17-5-1)44-30-32-49-50-33-31-45(37-54(50)58(53(49)36-44)51-28-12-10-26-47(51)48-27-11-13-29-52(48)58)42-23-14-22-41(34-42)43-24-15-25-46(35-43)57-60-55(39-18-6-2-7-19-39)59-56(61-57)40-20-8-3-9-21-40/h1-4,6-8,10-16,18-20,22-37H,5,9,17,21H2. The zero-order valence-corrected chi connectivity index (χ0v) is 33.7. The molecule has 61 heavy (non-hydrogen) atoms. The highest BCUT2D eigenvalue weighted by Gasteiger charge is 2.51. The smallest absolute Gasteiger partial charge is 0.164 e. The number of aromatic nitrogens is 3. The highest BCUT2D eigenvalue weighted by molar-refractivity contribution is 5.97. The van der Waals surface area contributed by atoms with Crippen LogP contribution in [0.5, 0.6) is 0 Å². The van der Waals surface area contributed by atoms with Crippen molar-refractivity contribution in [3.8, 4) is 67.3 Å². The van der Waals surface area contributed by atoms with Gasteiger partial charge in [0, 0.05) is 11.1 Å². The molecule has 12 rings (SSSR count). The number of allylic oxidation sites excluding steroid dienone is 8. The van der Waals surface area contributed by atoms with E-state index in [2.05, 4.69) is 182 Å². The van der Waals surface area contributed by atoms with E-state index in [4.69, 9.17) is 15.0 Å². The van der Waals surface area contributed by atoms with Gasteiger partial charge in [0.15, 0.2) is 17.5 Å². The van der Waals surface area contributed by atoms with Crippen molar-refractivity contribution >= 4 is 11.1 Å². The van der Waals surface area contributed by atoms with Gasteiger partial charge in [-0.25, -0.2) is 15.0 Å². The molecule has 0 fully saturated rings. The molecular formula is C58H41N3. The number of benzene rings is 7. The van der Waals surface area contributed by atoms with E-state index in [1.807, 2.05) is 18.2 Å². The molecule has 0 aliphatic heterocycles. The number of rotatable bonds is 6. The Bertz CT molecular complexity index is 3150. The fourth-order valence-electron chi connectivity index (χ4n) is 10.2. The van der Waals surface area contributed by atoms with Crippen LogP contribution in [0, 0.1) is 0 Å². The van der Waals surface area contributed by atoms with Crippen LogP contribution >= 0.6 is 0 Å². The van der Waals surface area contributed by atoms with Crippen molar-refractivity contribution < 1.29 is 0 Å². The second-order valence-corrected chi connectivity index (χ2v) is 16.5. The van der Waals surface area contributed by atoms with E-state index in [9.17, 15) is 0 Å². The topological polar surface area (TPSA) is 38.7 Å². The molecule has 4 aliphatic carbocycles. The predicted molar refractivity (Wildman–Crippen MR) is 251 cm³/mol. The molecular weight excluding hydrogens is 739 g/mol. The summed E-state index contributed by atoms with van der Waals surface area (Å²) in [6, 6.07) is 60.4. The Morgan fingerprint density at radius 2 is 0.787 bits per heavy atom. The van der Waals surface area contributed by atoms with Crippen LogP contribution in [0.3, 0.4) is 0 Å². The van der Waals surface area contributed by atoms with E-state index in [-0.39, 0.29) is 0 Å². The van der Waals surface area contributed by atoms with Crippen molar-refractivity contribution in [1.29, 1.82) is 0 Å². The summed E-state index contributed by atoms with van der Waals surface area (Å²) in [5.41, 5.74) is 20.8. The Morgan fingerprint density at radius 1 is 0.328 bits per heavy atom. The molecule has 3 nitrogen and oxygen atoms in total. The number of hydrogen-bond donors (Lipinski definition) is 0. The lowest BCUT2D eigenvalue weighted by molar-refractivity contribution is 0.793. The molecule has 0 unspecified atom stereocenters. The normalized spacial score (nSPS) is 15.1. The lowest BCUT2D eigenvalue weighted by Gasteiger charge is -2.31. The maximum Gasteiger partial charge on any atom is 0.164 e. The van der Waals surface area contributed by atoms with Gasteiger partial charge in [0.1, 0.15) is 0 Å². The maximum atomic E-state index is 5.07. The molecule has 4 aliphatic rings. The van der Waals surface area contributed by atoms with Crippen LogP contribution in [0.2, 0.25) is 0 Å². The Balaban J connectivity index is 0.976. The Kier molecular flexibility index (Phi) is 8.34. The van der Waals surface area contributed by atoms with Crippen LogP contribution < -0.4 is 0 Å². The first-order valence-electron chi connectivity index (χ1n) is 21.5. The lowest BCUT2D eigenvalue weighted by Crippen LogP contribution is -2.26. The van der Waals surface area contributed by atoms with E-state index in [0.717, 1.165) is 59.3 Å². The van der Waals surface area contributed by atoms with Crippen LogP contribution in [0.15, 0.2) is 200 Å². The fourth-order valence-corrected chi connectivity index (χ4v) is 10.2. The summed E-state index contributed by atoms with van der Waals surface area (Å²) in [5.74, 6) is 2.10. The maximum absolute atomic E-state index is 5.07. The first kappa shape index (κ1) is 35.5. The Labute approximate surface area is 356 Å². The Morgan fingerprint density at radius 3 is 1.41 bits per heavy atom. The van der Waals surface area contributed by atoms with Crippen molar-refractivity contribution in [2.45, 2.75) is 31.1 Å². The van der Waals surface area contributed by atoms with Crippen LogP contribution in [0.4, 0.5) is 0 Å². The fraction of sp³-hybridized carbons (Fsp3) is 0.0862. The first-order chi connectivity index (χ1) is 30.2. The first-order valence-corrected chi connectivity index (χ1v) is 21.5. The third-order valence-electron chi connectivity index (χ3n) is 13.1. The van der Waals surface area contributed by atoms with Gasteiger partial charge >= 0.3 is 0 Å². The van der Waals surface area contributed by atoms with Crippen LogP contribution in [-0.2, 0) is 5.41 Å². The Hall–Kier alpha value is -7.49. The molecule has 0 N–H and O–H groups in total. The third kappa shape index (κ3) is 5.76. The molecule has 0 bridgehead atoms. The average Bonchev–Trinajstić information content (AvgIpc) is 3.81. The minimum Gasteiger partial charge on any atom is -0.209 e. The van der Waals surface area contributed by atoms with E-state index >= 15 is 0 Å². The van der Waals surface area contributed by atoms with Gasteiger partial charge in [0.25, 0.3) is 0 Å². The predicted octanol–water partition coefficient (Wildman–Crippen LogP) is 14.3. The molecule has 3 heteroatoms. The van der Waals surface area contributed by atoms with Crippen molar-refractivity contribution in [2.75, 3.05) is 0 Å². The third-order valence-corrected chi connectivity index (χ3v) is 13.1. The van der Waals surface area contributed by atoms with Crippen LogP contribution in [0.25, 0.3) is 78.4 Å². The molecule has 0 saturated heterocycles. The highest BCUT2D eigenvalue weighted by Crippen LogP contribution is 2.63. The van der Waals surface area contributed by atoms with Crippen molar-refractivity contribution in [3.05, 3.63) is 234 Å². The number of nitrogens with zero attached hydrogens (tertiary/aromatic N) is 3. The average molecular weight is 780 g/mol. The summed E-state index contributed by atoms with van der Waals surface area (Å²) >= 11 is 0. The van der Waals surface area contributed by atoms with Crippen LogP contribution in [-0.4, -0.2) is 15.0 Å². The molecule has 0 radical (unpaired) electrons. The number of hydrogen-bond acceptors (Lipinski definition) is 3. The van der Waals surface area contributed by atoms with Crippen molar-refractivity contribution in [1.82, 2.24) is 15.0 Å². The zero-order chi connectivity index (χ0) is 40.3. The summed E-state index contributed by atoms with van der Waals surface area (Å²) in [6.45, 7) is 0. The van der Waals surface area contributed by atoms with E-state index in [1.54, 1.807) is 0 Å².